The van der Waals surface area contributed by atoms with Gasteiger partial charge in [0, 0.05) is 22.7 Å². The van der Waals surface area contributed by atoms with E-state index in [0.717, 1.165) is 22.1 Å². The SMILES string of the molecule is Cc1csc(=O)n1Cc1csc(-c2ccccn2)n1. The van der Waals surface area contributed by atoms with Gasteiger partial charge in [-0.3, -0.25) is 14.3 Å². The van der Waals surface area contributed by atoms with Gasteiger partial charge in [-0.1, -0.05) is 17.4 Å². The van der Waals surface area contributed by atoms with Crippen molar-refractivity contribution >= 4 is 22.7 Å². The Balaban J connectivity index is 1.89. The predicted molar refractivity (Wildman–Crippen MR) is 77.8 cm³/mol. The van der Waals surface area contributed by atoms with E-state index in [2.05, 4.69) is 9.97 Å². The van der Waals surface area contributed by atoms with Crippen LogP contribution in [0.15, 0.2) is 40.0 Å². The lowest BCUT2D eigenvalue weighted by Crippen LogP contribution is -2.15. The van der Waals surface area contributed by atoms with Crippen LogP contribution >= 0.6 is 22.7 Å². The third kappa shape index (κ3) is 2.50. The van der Waals surface area contributed by atoms with Gasteiger partial charge in [0.15, 0.2) is 0 Å². The van der Waals surface area contributed by atoms with E-state index >= 15 is 0 Å². The maximum atomic E-state index is 11.7. The predicted octanol–water partition coefficient (Wildman–Crippen LogP) is 2.79. The lowest BCUT2D eigenvalue weighted by Gasteiger charge is -2.00. The summed E-state index contributed by atoms with van der Waals surface area (Å²) in [4.78, 5) is 20.5. The molecule has 0 unspecified atom stereocenters. The number of pyridine rings is 1. The summed E-state index contributed by atoms with van der Waals surface area (Å²) >= 11 is 2.77. The van der Waals surface area contributed by atoms with E-state index in [0.29, 0.717) is 6.54 Å². The van der Waals surface area contributed by atoms with Crippen LogP contribution in [0.4, 0.5) is 0 Å². The molecule has 3 rings (SSSR count). The van der Waals surface area contributed by atoms with E-state index in [4.69, 9.17) is 0 Å². The summed E-state index contributed by atoms with van der Waals surface area (Å²) in [6, 6.07) is 5.76. The fourth-order valence-electron chi connectivity index (χ4n) is 1.74. The van der Waals surface area contributed by atoms with Gasteiger partial charge >= 0.3 is 4.87 Å². The smallest absolute Gasteiger partial charge is 0.297 e. The largest absolute Gasteiger partial charge is 0.307 e. The van der Waals surface area contributed by atoms with Crippen molar-refractivity contribution in [2.45, 2.75) is 13.5 Å². The highest BCUT2D eigenvalue weighted by Crippen LogP contribution is 2.21. The molecule has 0 radical (unpaired) electrons. The van der Waals surface area contributed by atoms with Crippen molar-refractivity contribution in [1.82, 2.24) is 14.5 Å². The molecule has 3 aromatic heterocycles. The van der Waals surface area contributed by atoms with Gasteiger partial charge in [-0.15, -0.1) is 11.3 Å². The third-order valence-corrected chi connectivity index (χ3v) is 4.53. The van der Waals surface area contributed by atoms with E-state index in [1.54, 1.807) is 22.1 Å². The molecule has 0 bridgehead atoms. The van der Waals surface area contributed by atoms with Gasteiger partial charge in [0.05, 0.1) is 17.9 Å². The van der Waals surface area contributed by atoms with Crippen LogP contribution in [-0.2, 0) is 6.54 Å². The van der Waals surface area contributed by atoms with Crippen molar-refractivity contribution < 1.29 is 0 Å². The maximum absolute atomic E-state index is 11.7. The lowest BCUT2D eigenvalue weighted by atomic mass is 10.3. The number of aromatic nitrogens is 3. The van der Waals surface area contributed by atoms with E-state index in [-0.39, 0.29) is 4.87 Å². The van der Waals surface area contributed by atoms with Crippen LogP contribution in [0, 0.1) is 6.92 Å². The fraction of sp³-hybridized carbons (Fsp3) is 0.154. The van der Waals surface area contributed by atoms with E-state index < -0.39 is 0 Å². The first kappa shape index (κ1) is 12.3. The zero-order chi connectivity index (χ0) is 13.2. The number of hydrogen-bond acceptors (Lipinski definition) is 5. The first-order valence-electron chi connectivity index (χ1n) is 5.75. The molecule has 96 valence electrons. The van der Waals surface area contributed by atoms with Crippen molar-refractivity contribution in [3.8, 4) is 10.7 Å². The highest BCUT2D eigenvalue weighted by molar-refractivity contribution is 7.13. The fourth-order valence-corrected chi connectivity index (χ4v) is 3.27. The Morgan fingerprint density at radius 1 is 1.26 bits per heavy atom. The van der Waals surface area contributed by atoms with Gasteiger partial charge < -0.3 is 0 Å². The molecule has 19 heavy (non-hydrogen) atoms. The van der Waals surface area contributed by atoms with Crippen molar-refractivity contribution in [3.63, 3.8) is 0 Å². The second-order valence-corrected chi connectivity index (χ2v) is 5.77. The number of thiazole rings is 2. The van der Waals surface area contributed by atoms with Gasteiger partial charge in [-0.05, 0) is 19.1 Å². The normalized spacial score (nSPS) is 10.8. The summed E-state index contributed by atoms with van der Waals surface area (Å²) in [7, 11) is 0. The van der Waals surface area contributed by atoms with Crippen LogP contribution in [0.1, 0.15) is 11.4 Å². The van der Waals surface area contributed by atoms with Crippen molar-refractivity contribution in [2.24, 2.45) is 0 Å². The molecule has 0 N–H and O–H groups in total. The van der Waals surface area contributed by atoms with Crippen LogP contribution in [-0.4, -0.2) is 14.5 Å². The van der Waals surface area contributed by atoms with Crippen molar-refractivity contribution in [3.05, 3.63) is 56.2 Å². The maximum Gasteiger partial charge on any atom is 0.307 e. The Labute approximate surface area is 118 Å². The Morgan fingerprint density at radius 3 is 2.84 bits per heavy atom. The standard InChI is InChI=1S/C13H11N3OS2/c1-9-7-19-13(17)16(9)6-10-8-18-12(15-10)11-4-2-3-5-14-11/h2-5,7-8H,6H2,1H3. The molecule has 0 aliphatic heterocycles. The van der Waals surface area contributed by atoms with Crippen LogP contribution in [0.2, 0.25) is 0 Å². The monoisotopic (exact) mass is 289 g/mol. The Hall–Kier alpha value is -1.79. The zero-order valence-electron chi connectivity index (χ0n) is 10.2. The number of aryl methyl sites for hydroxylation is 1. The van der Waals surface area contributed by atoms with Crippen LogP contribution < -0.4 is 4.87 Å². The van der Waals surface area contributed by atoms with Gasteiger partial charge in [0.1, 0.15) is 5.01 Å². The van der Waals surface area contributed by atoms with E-state index in [1.165, 1.54) is 11.3 Å². The molecule has 0 saturated heterocycles. The molecule has 0 amide bonds. The molecule has 0 saturated carbocycles. The van der Waals surface area contributed by atoms with Crippen LogP contribution in [0.3, 0.4) is 0 Å². The third-order valence-electron chi connectivity index (χ3n) is 2.73. The molecule has 0 spiro atoms. The van der Waals surface area contributed by atoms with Crippen LogP contribution in [0.25, 0.3) is 10.7 Å². The first-order valence-corrected chi connectivity index (χ1v) is 7.51. The van der Waals surface area contributed by atoms with Crippen LogP contribution in [0.5, 0.6) is 0 Å². The van der Waals surface area contributed by atoms with E-state index in [9.17, 15) is 4.79 Å². The number of rotatable bonds is 3. The molecule has 0 aromatic carbocycles. The summed E-state index contributed by atoms with van der Waals surface area (Å²) < 4.78 is 1.74. The average molecular weight is 289 g/mol. The summed E-state index contributed by atoms with van der Waals surface area (Å²) in [5, 5.41) is 4.73. The molecule has 0 aliphatic carbocycles. The summed E-state index contributed by atoms with van der Waals surface area (Å²) in [5.41, 5.74) is 2.74. The Bertz CT molecular complexity index is 743. The Morgan fingerprint density at radius 2 is 2.16 bits per heavy atom. The van der Waals surface area contributed by atoms with Crippen molar-refractivity contribution in [2.75, 3.05) is 0 Å². The topological polar surface area (TPSA) is 47.8 Å². The highest BCUT2D eigenvalue weighted by Gasteiger charge is 2.08. The van der Waals surface area contributed by atoms with Crippen molar-refractivity contribution in [1.29, 1.82) is 0 Å². The summed E-state index contributed by atoms with van der Waals surface area (Å²) in [5.74, 6) is 0. The van der Waals surface area contributed by atoms with Gasteiger partial charge in [-0.2, -0.15) is 0 Å². The highest BCUT2D eigenvalue weighted by atomic mass is 32.1. The molecule has 0 fully saturated rings. The minimum Gasteiger partial charge on any atom is -0.297 e. The van der Waals surface area contributed by atoms with Gasteiger partial charge in [0.2, 0.25) is 0 Å². The Kier molecular flexibility index (Phi) is 3.27. The lowest BCUT2D eigenvalue weighted by molar-refractivity contribution is 0.740. The second kappa shape index (κ2) is 5.07. The molecule has 3 heterocycles. The number of nitrogens with zero attached hydrogens (tertiary/aromatic N) is 3. The van der Waals surface area contributed by atoms with E-state index in [1.807, 2.05) is 35.9 Å². The average Bonchev–Trinajstić information content (AvgIpc) is 3.02. The molecule has 6 heteroatoms. The summed E-state index contributed by atoms with van der Waals surface area (Å²) in [6.07, 6.45) is 1.75. The quantitative estimate of drug-likeness (QED) is 0.745. The molecule has 0 atom stereocenters. The molecular formula is C13H11N3OS2. The molecule has 4 nitrogen and oxygen atoms in total. The van der Waals surface area contributed by atoms with Gasteiger partial charge in [-0.25, -0.2) is 4.98 Å². The van der Waals surface area contributed by atoms with Gasteiger partial charge in [0.25, 0.3) is 0 Å². The molecular weight excluding hydrogens is 278 g/mol. The minimum atomic E-state index is 0.0601. The first-order chi connectivity index (χ1) is 9.24. The molecule has 3 aromatic rings. The summed E-state index contributed by atoms with van der Waals surface area (Å²) in [6.45, 7) is 2.46. The second-order valence-electron chi connectivity index (χ2n) is 4.09. The molecule has 0 aliphatic rings. The minimum absolute atomic E-state index is 0.0601. The zero-order valence-corrected chi connectivity index (χ0v) is 11.9. The number of hydrogen-bond donors (Lipinski definition) is 0.